The molecule has 1 aromatic rings. The van der Waals surface area contributed by atoms with Crippen LogP contribution in [0.5, 0.6) is 0 Å². The maximum absolute atomic E-state index is 4.26. The SMILES string of the molecule is Cc1nsc(NCCCN2CCCC2)n1. The fraction of sp³-hybridized carbons (Fsp3) is 0.800. The molecule has 0 aliphatic carbocycles. The second-order valence-corrected chi connectivity index (χ2v) is 4.73. The smallest absolute Gasteiger partial charge is 0.202 e. The van der Waals surface area contributed by atoms with Gasteiger partial charge in [0.05, 0.1) is 0 Å². The molecule has 0 unspecified atom stereocenters. The van der Waals surface area contributed by atoms with Gasteiger partial charge in [-0.1, -0.05) is 0 Å². The van der Waals surface area contributed by atoms with Crippen LogP contribution in [0.25, 0.3) is 0 Å². The summed E-state index contributed by atoms with van der Waals surface area (Å²) in [6.45, 7) is 6.72. The first-order valence-electron chi connectivity index (χ1n) is 5.61. The molecule has 1 saturated heterocycles. The highest BCUT2D eigenvalue weighted by Crippen LogP contribution is 2.10. The number of hydrogen-bond acceptors (Lipinski definition) is 5. The molecule has 1 N–H and O–H groups in total. The van der Waals surface area contributed by atoms with Gasteiger partial charge in [-0.15, -0.1) is 0 Å². The largest absolute Gasteiger partial charge is 0.360 e. The van der Waals surface area contributed by atoms with E-state index in [2.05, 4.69) is 19.6 Å². The number of aromatic nitrogens is 2. The third-order valence-electron chi connectivity index (χ3n) is 2.65. The van der Waals surface area contributed by atoms with E-state index in [0.717, 1.165) is 17.5 Å². The molecule has 4 nitrogen and oxygen atoms in total. The normalized spacial score (nSPS) is 17.1. The molecule has 0 atom stereocenters. The Morgan fingerprint density at radius 2 is 2.20 bits per heavy atom. The molecule has 84 valence electrons. The molecule has 0 saturated carbocycles. The number of nitrogens with one attached hydrogen (secondary N) is 1. The number of hydrogen-bond donors (Lipinski definition) is 1. The van der Waals surface area contributed by atoms with Gasteiger partial charge in [0.15, 0.2) is 0 Å². The third kappa shape index (κ3) is 3.43. The third-order valence-corrected chi connectivity index (χ3v) is 3.42. The average molecular weight is 226 g/mol. The molecule has 5 heteroatoms. The van der Waals surface area contributed by atoms with Crippen molar-refractivity contribution in [1.29, 1.82) is 0 Å². The van der Waals surface area contributed by atoms with Crippen LogP contribution in [0.4, 0.5) is 5.13 Å². The number of nitrogens with zero attached hydrogens (tertiary/aromatic N) is 3. The molecule has 0 aromatic carbocycles. The zero-order chi connectivity index (χ0) is 10.5. The van der Waals surface area contributed by atoms with E-state index >= 15 is 0 Å². The lowest BCUT2D eigenvalue weighted by atomic mass is 10.4. The Balaban J connectivity index is 1.58. The summed E-state index contributed by atoms with van der Waals surface area (Å²) in [5.74, 6) is 0.863. The summed E-state index contributed by atoms with van der Waals surface area (Å²) < 4.78 is 4.13. The standard InChI is InChI=1S/C10H18N4S/c1-9-12-10(15-13-9)11-5-4-8-14-6-2-3-7-14/h2-8H2,1H3,(H,11,12,13). The Labute approximate surface area is 94.9 Å². The lowest BCUT2D eigenvalue weighted by Crippen LogP contribution is -2.22. The minimum atomic E-state index is 0.863. The second kappa shape index (κ2) is 5.42. The monoisotopic (exact) mass is 226 g/mol. The van der Waals surface area contributed by atoms with E-state index in [1.807, 2.05) is 6.92 Å². The zero-order valence-corrected chi connectivity index (χ0v) is 10.0. The zero-order valence-electron chi connectivity index (χ0n) is 9.20. The summed E-state index contributed by atoms with van der Waals surface area (Å²) in [7, 11) is 0. The molecule has 1 aromatic heterocycles. The van der Waals surface area contributed by atoms with Gasteiger partial charge in [-0.2, -0.15) is 4.37 Å². The minimum Gasteiger partial charge on any atom is -0.360 e. The summed E-state index contributed by atoms with van der Waals surface area (Å²) >= 11 is 1.45. The van der Waals surface area contributed by atoms with Crippen molar-refractivity contribution >= 4 is 16.7 Å². The maximum atomic E-state index is 4.26. The average Bonchev–Trinajstić information content (AvgIpc) is 2.84. The van der Waals surface area contributed by atoms with Gasteiger partial charge < -0.3 is 10.2 Å². The van der Waals surface area contributed by atoms with Crippen molar-refractivity contribution in [2.45, 2.75) is 26.2 Å². The van der Waals surface area contributed by atoms with Gasteiger partial charge in [0.2, 0.25) is 5.13 Å². The first-order valence-corrected chi connectivity index (χ1v) is 6.38. The Hall–Kier alpha value is -0.680. The first kappa shape index (κ1) is 10.8. The fourth-order valence-corrected chi connectivity index (χ4v) is 2.47. The number of rotatable bonds is 5. The predicted octanol–water partition coefficient (Wildman–Crippen LogP) is 1.74. The Morgan fingerprint density at radius 3 is 2.87 bits per heavy atom. The van der Waals surface area contributed by atoms with Gasteiger partial charge in [-0.05, 0) is 45.8 Å². The lowest BCUT2D eigenvalue weighted by molar-refractivity contribution is 0.337. The molecule has 1 fully saturated rings. The van der Waals surface area contributed by atoms with Crippen molar-refractivity contribution in [3.63, 3.8) is 0 Å². The van der Waals surface area contributed by atoms with Crippen molar-refractivity contribution in [3.8, 4) is 0 Å². The van der Waals surface area contributed by atoms with Crippen LogP contribution in [0.3, 0.4) is 0 Å². The summed E-state index contributed by atoms with van der Waals surface area (Å²) in [5.41, 5.74) is 0. The van der Waals surface area contributed by atoms with Crippen LogP contribution < -0.4 is 5.32 Å². The second-order valence-electron chi connectivity index (χ2n) is 3.98. The summed E-state index contributed by atoms with van der Waals surface area (Å²) in [4.78, 5) is 6.80. The first-order chi connectivity index (χ1) is 7.34. The highest BCUT2D eigenvalue weighted by atomic mass is 32.1. The quantitative estimate of drug-likeness (QED) is 0.777. The Morgan fingerprint density at radius 1 is 1.40 bits per heavy atom. The summed E-state index contributed by atoms with van der Waals surface area (Å²) in [6, 6.07) is 0. The van der Waals surface area contributed by atoms with E-state index in [0.29, 0.717) is 0 Å². The van der Waals surface area contributed by atoms with Crippen LogP contribution in [-0.2, 0) is 0 Å². The van der Waals surface area contributed by atoms with E-state index < -0.39 is 0 Å². The molecule has 2 heterocycles. The molecule has 0 radical (unpaired) electrons. The molecular weight excluding hydrogens is 208 g/mol. The molecule has 0 bridgehead atoms. The van der Waals surface area contributed by atoms with Crippen molar-refractivity contribution in [2.75, 3.05) is 31.5 Å². The van der Waals surface area contributed by atoms with Crippen LogP contribution in [0, 0.1) is 6.92 Å². The predicted molar refractivity (Wildman–Crippen MR) is 63.4 cm³/mol. The van der Waals surface area contributed by atoms with Crippen LogP contribution in [-0.4, -0.2) is 40.4 Å². The van der Waals surface area contributed by atoms with Crippen LogP contribution >= 0.6 is 11.5 Å². The van der Waals surface area contributed by atoms with Crippen LogP contribution in [0.15, 0.2) is 0 Å². The van der Waals surface area contributed by atoms with E-state index in [-0.39, 0.29) is 0 Å². The van der Waals surface area contributed by atoms with E-state index in [1.54, 1.807) is 0 Å². The number of aryl methyl sites for hydroxylation is 1. The fourth-order valence-electron chi connectivity index (χ4n) is 1.87. The molecule has 0 amide bonds. The lowest BCUT2D eigenvalue weighted by Gasteiger charge is -2.13. The molecule has 2 rings (SSSR count). The van der Waals surface area contributed by atoms with Crippen LogP contribution in [0.2, 0.25) is 0 Å². The number of anilines is 1. The molecule has 15 heavy (non-hydrogen) atoms. The van der Waals surface area contributed by atoms with Crippen molar-refractivity contribution < 1.29 is 0 Å². The van der Waals surface area contributed by atoms with Gasteiger partial charge in [-0.3, -0.25) is 0 Å². The topological polar surface area (TPSA) is 41.1 Å². The molecule has 0 spiro atoms. The van der Waals surface area contributed by atoms with Crippen LogP contribution in [0.1, 0.15) is 25.1 Å². The van der Waals surface area contributed by atoms with Gasteiger partial charge in [0.25, 0.3) is 0 Å². The molecule has 1 aliphatic heterocycles. The van der Waals surface area contributed by atoms with Crippen molar-refractivity contribution in [3.05, 3.63) is 5.82 Å². The molecular formula is C10H18N4S. The Kier molecular flexibility index (Phi) is 3.91. The maximum Gasteiger partial charge on any atom is 0.202 e. The van der Waals surface area contributed by atoms with Crippen molar-refractivity contribution in [1.82, 2.24) is 14.3 Å². The van der Waals surface area contributed by atoms with Gasteiger partial charge >= 0.3 is 0 Å². The minimum absolute atomic E-state index is 0.863. The van der Waals surface area contributed by atoms with Gasteiger partial charge in [-0.25, -0.2) is 4.98 Å². The summed E-state index contributed by atoms with van der Waals surface area (Å²) in [6.07, 6.45) is 3.95. The van der Waals surface area contributed by atoms with E-state index in [1.165, 1.54) is 50.4 Å². The van der Waals surface area contributed by atoms with Gasteiger partial charge in [0, 0.05) is 18.1 Å². The molecule has 1 aliphatic rings. The van der Waals surface area contributed by atoms with E-state index in [9.17, 15) is 0 Å². The summed E-state index contributed by atoms with van der Waals surface area (Å²) in [5, 5.41) is 4.26. The Bertz CT molecular complexity index is 293. The highest BCUT2D eigenvalue weighted by molar-refractivity contribution is 7.09. The van der Waals surface area contributed by atoms with Crippen molar-refractivity contribution in [2.24, 2.45) is 0 Å². The van der Waals surface area contributed by atoms with E-state index in [4.69, 9.17) is 0 Å². The van der Waals surface area contributed by atoms with Gasteiger partial charge in [0.1, 0.15) is 5.82 Å². The highest BCUT2D eigenvalue weighted by Gasteiger charge is 2.10. The number of likely N-dealkylation sites (tertiary alicyclic amines) is 1.